The van der Waals surface area contributed by atoms with Crippen molar-refractivity contribution < 1.29 is 9.13 Å². The minimum Gasteiger partial charge on any atom is -0.323 e. The summed E-state index contributed by atoms with van der Waals surface area (Å²) in [5.41, 5.74) is 2.34. The fourth-order valence-corrected chi connectivity index (χ4v) is 7.37. The summed E-state index contributed by atoms with van der Waals surface area (Å²) in [5, 5.41) is 4.80. The van der Waals surface area contributed by atoms with E-state index in [4.69, 9.17) is 0 Å². The van der Waals surface area contributed by atoms with E-state index in [-0.39, 0.29) is 0 Å². The van der Waals surface area contributed by atoms with Gasteiger partial charge in [-0.3, -0.25) is 0 Å². The highest BCUT2D eigenvalue weighted by molar-refractivity contribution is 7.63. The largest absolute Gasteiger partial charge is 0.323 e. The van der Waals surface area contributed by atoms with Crippen molar-refractivity contribution in [2.24, 2.45) is 0 Å². The van der Waals surface area contributed by atoms with E-state index < -0.39 is 14.3 Å². The highest BCUT2D eigenvalue weighted by Crippen LogP contribution is 2.49. The summed E-state index contributed by atoms with van der Waals surface area (Å²) in [6.07, 6.45) is 4.44. The van der Waals surface area contributed by atoms with Gasteiger partial charge in [-0.15, -0.1) is 0 Å². The third-order valence-electron chi connectivity index (χ3n) is 6.17. The van der Waals surface area contributed by atoms with Gasteiger partial charge in [0.25, 0.3) is 0 Å². The SMILES string of the molecule is CCP(=O)(CC)Cc1ccc2cc3cc(CP(=O)(CC)CC)ccc3cc2c1. The lowest BCUT2D eigenvalue weighted by Gasteiger charge is -2.15. The Labute approximate surface area is 169 Å². The summed E-state index contributed by atoms with van der Waals surface area (Å²) in [4.78, 5) is 0. The molecule has 150 valence electrons. The first kappa shape index (κ1) is 21.4. The van der Waals surface area contributed by atoms with E-state index >= 15 is 0 Å². The Morgan fingerprint density at radius 3 is 1.21 bits per heavy atom. The molecule has 0 N–H and O–H groups in total. The Bertz CT molecular complexity index is 981. The molecule has 0 heterocycles. The van der Waals surface area contributed by atoms with Crippen molar-refractivity contribution in [1.82, 2.24) is 0 Å². The highest BCUT2D eigenvalue weighted by Gasteiger charge is 2.19. The van der Waals surface area contributed by atoms with Gasteiger partial charge in [0.1, 0.15) is 0 Å². The number of hydrogen-bond donors (Lipinski definition) is 0. The third kappa shape index (κ3) is 4.61. The predicted molar refractivity (Wildman–Crippen MR) is 126 cm³/mol. The van der Waals surface area contributed by atoms with Crippen LogP contribution in [0.5, 0.6) is 0 Å². The maximum Gasteiger partial charge on any atom is 0.0914 e. The predicted octanol–water partition coefficient (Wildman–Crippen LogP) is 7.80. The monoisotopic (exact) mass is 414 g/mol. The van der Waals surface area contributed by atoms with Crippen LogP contribution in [0.3, 0.4) is 0 Å². The van der Waals surface area contributed by atoms with Crippen LogP contribution in [0.1, 0.15) is 38.8 Å². The van der Waals surface area contributed by atoms with Crippen molar-refractivity contribution in [3.63, 3.8) is 0 Å². The smallest absolute Gasteiger partial charge is 0.0914 e. The molecule has 28 heavy (non-hydrogen) atoms. The molecule has 4 heteroatoms. The summed E-state index contributed by atoms with van der Waals surface area (Å²) < 4.78 is 25.7. The first-order chi connectivity index (χ1) is 13.3. The van der Waals surface area contributed by atoms with Gasteiger partial charge in [-0.05, 0) is 69.5 Å². The van der Waals surface area contributed by atoms with Gasteiger partial charge in [-0.1, -0.05) is 64.1 Å². The van der Waals surface area contributed by atoms with E-state index in [1.807, 2.05) is 27.7 Å². The zero-order chi connectivity index (χ0) is 20.4. The Morgan fingerprint density at radius 1 is 0.536 bits per heavy atom. The maximum absolute atomic E-state index is 12.8. The van der Waals surface area contributed by atoms with Crippen LogP contribution in [0.25, 0.3) is 21.5 Å². The third-order valence-corrected chi connectivity index (χ3v) is 12.7. The van der Waals surface area contributed by atoms with Crippen molar-refractivity contribution in [3.05, 3.63) is 59.7 Å². The van der Waals surface area contributed by atoms with Gasteiger partial charge in [-0.2, -0.15) is 0 Å². The first-order valence-electron chi connectivity index (χ1n) is 10.4. The van der Waals surface area contributed by atoms with E-state index in [0.29, 0.717) is 12.3 Å². The maximum atomic E-state index is 12.8. The van der Waals surface area contributed by atoms with Crippen LogP contribution < -0.4 is 0 Å². The minimum atomic E-state index is -2.09. The van der Waals surface area contributed by atoms with E-state index in [2.05, 4.69) is 48.5 Å². The molecule has 0 amide bonds. The van der Waals surface area contributed by atoms with E-state index in [0.717, 1.165) is 24.6 Å². The standard InChI is InChI=1S/C24H32O2P2/c1-5-27(25,6-2)17-19-9-11-21-16-24-14-20(18-28(26,7-3)8-4)10-12-22(24)15-23(21)13-19/h9-16H,5-8,17-18H2,1-4H3. The lowest BCUT2D eigenvalue weighted by molar-refractivity contribution is 0.574. The molecule has 2 nitrogen and oxygen atoms in total. The van der Waals surface area contributed by atoms with Crippen molar-refractivity contribution in [1.29, 1.82) is 0 Å². The van der Waals surface area contributed by atoms with Crippen LogP contribution in [-0.4, -0.2) is 24.6 Å². The van der Waals surface area contributed by atoms with Crippen molar-refractivity contribution in [3.8, 4) is 0 Å². The van der Waals surface area contributed by atoms with Crippen molar-refractivity contribution in [2.75, 3.05) is 24.6 Å². The summed E-state index contributed by atoms with van der Waals surface area (Å²) in [7, 11) is -4.18. The molecule has 0 spiro atoms. The van der Waals surface area contributed by atoms with E-state index in [9.17, 15) is 9.13 Å². The summed E-state index contributed by atoms with van der Waals surface area (Å²) in [6.45, 7) is 8.14. The quantitative estimate of drug-likeness (QED) is 0.278. The summed E-state index contributed by atoms with van der Waals surface area (Å²) in [6, 6.07) is 17.4. The lowest BCUT2D eigenvalue weighted by atomic mass is 10.0. The molecule has 0 aliphatic heterocycles. The molecule has 0 saturated carbocycles. The first-order valence-corrected chi connectivity index (χ1v) is 15.0. The molecule has 0 saturated heterocycles. The number of benzene rings is 3. The minimum absolute atomic E-state index is 0.691. The summed E-state index contributed by atoms with van der Waals surface area (Å²) >= 11 is 0. The molecule has 0 unspecified atom stereocenters. The Balaban J connectivity index is 1.97. The second-order valence-electron chi connectivity index (χ2n) is 7.91. The number of hydrogen-bond acceptors (Lipinski definition) is 2. The van der Waals surface area contributed by atoms with E-state index in [1.54, 1.807) is 0 Å². The molecule has 3 aromatic rings. The molecule has 0 bridgehead atoms. The molecule has 3 aromatic carbocycles. The molecule has 0 aliphatic rings. The normalized spacial score (nSPS) is 12.7. The van der Waals surface area contributed by atoms with Gasteiger partial charge >= 0.3 is 0 Å². The second kappa shape index (κ2) is 8.56. The lowest BCUT2D eigenvalue weighted by Crippen LogP contribution is -1.95. The van der Waals surface area contributed by atoms with Crippen LogP contribution >= 0.6 is 14.3 Å². The van der Waals surface area contributed by atoms with Gasteiger partial charge in [0.15, 0.2) is 0 Å². The Hall–Kier alpha value is -1.36. The van der Waals surface area contributed by atoms with Crippen molar-refractivity contribution in [2.45, 2.75) is 40.0 Å². The molecular weight excluding hydrogens is 382 g/mol. The van der Waals surface area contributed by atoms with Crippen LogP contribution in [0.2, 0.25) is 0 Å². The average molecular weight is 414 g/mol. The molecule has 0 aliphatic carbocycles. The van der Waals surface area contributed by atoms with Crippen LogP contribution in [-0.2, 0) is 21.5 Å². The van der Waals surface area contributed by atoms with Crippen LogP contribution in [0, 0.1) is 0 Å². The van der Waals surface area contributed by atoms with Gasteiger partial charge in [0.2, 0.25) is 0 Å². The van der Waals surface area contributed by atoms with E-state index in [1.165, 1.54) is 32.7 Å². The van der Waals surface area contributed by atoms with Gasteiger partial charge < -0.3 is 9.13 Å². The van der Waals surface area contributed by atoms with Crippen LogP contribution in [0.15, 0.2) is 48.5 Å². The summed E-state index contributed by atoms with van der Waals surface area (Å²) in [5.74, 6) is 0. The number of rotatable bonds is 8. The van der Waals surface area contributed by atoms with Crippen molar-refractivity contribution >= 4 is 35.8 Å². The molecule has 0 aromatic heterocycles. The molecule has 0 fully saturated rings. The molecule has 0 radical (unpaired) electrons. The number of fused-ring (bicyclic) bond motifs is 2. The van der Waals surface area contributed by atoms with Gasteiger partial charge in [0.05, 0.1) is 14.3 Å². The molecular formula is C24H32O2P2. The van der Waals surface area contributed by atoms with Crippen LogP contribution in [0.4, 0.5) is 0 Å². The van der Waals surface area contributed by atoms with Gasteiger partial charge in [0, 0.05) is 12.3 Å². The highest BCUT2D eigenvalue weighted by atomic mass is 31.2. The average Bonchev–Trinajstić information content (AvgIpc) is 2.72. The zero-order valence-electron chi connectivity index (χ0n) is 17.6. The fraction of sp³-hybridized carbons (Fsp3) is 0.417. The molecule has 3 rings (SSSR count). The fourth-order valence-electron chi connectivity index (χ4n) is 3.85. The second-order valence-corrected chi connectivity index (χ2v) is 15.3. The van der Waals surface area contributed by atoms with Gasteiger partial charge in [-0.25, -0.2) is 0 Å². The topological polar surface area (TPSA) is 34.1 Å². The Kier molecular flexibility index (Phi) is 6.53. The molecule has 0 atom stereocenters. The zero-order valence-corrected chi connectivity index (χ0v) is 19.4. The Morgan fingerprint density at radius 2 is 0.893 bits per heavy atom.